The summed E-state index contributed by atoms with van der Waals surface area (Å²) in [7, 11) is -3.43. The normalized spacial score (nSPS) is 12.2. The smallest absolute Gasteiger partial charge is 0.418 e. The lowest BCUT2D eigenvalue weighted by molar-refractivity contribution is -0.136. The van der Waals surface area contributed by atoms with Gasteiger partial charge in [0.15, 0.2) is 9.84 Å². The molecule has 5 nitrogen and oxygen atoms in total. The Morgan fingerprint density at radius 2 is 1.64 bits per heavy atom. The first-order chi connectivity index (χ1) is 15.4. The van der Waals surface area contributed by atoms with E-state index in [1.54, 1.807) is 18.2 Å². The molecule has 0 saturated carbocycles. The van der Waals surface area contributed by atoms with Crippen LogP contribution in [0, 0.1) is 6.92 Å². The van der Waals surface area contributed by atoms with Crippen molar-refractivity contribution in [3.8, 4) is 22.8 Å². The van der Waals surface area contributed by atoms with E-state index in [0.29, 0.717) is 11.3 Å². The number of nitrogens with zero attached hydrogens (tertiary/aromatic N) is 2. The van der Waals surface area contributed by atoms with Gasteiger partial charge >= 0.3 is 6.18 Å². The molecule has 0 fully saturated rings. The van der Waals surface area contributed by atoms with Gasteiger partial charge in [0.25, 0.3) is 0 Å². The van der Waals surface area contributed by atoms with Gasteiger partial charge < -0.3 is 4.74 Å². The van der Waals surface area contributed by atoms with Gasteiger partial charge in [-0.3, -0.25) is 0 Å². The molecular weight excluding hydrogens is 477 g/mol. The van der Waals surface area contributed by atoms with Crippen LogP contribution in [0.3, 0.4) is 0 Å². The summed E-state index contributed by atoms with van der Waals surface area (Å²) in [5.41, 5.74) is -0.518. The largest absolute Gasteiger partial charge is 0.457 e. The van der Waals surface area contributed by atoms with Crippen molar-refractivity contribution in [1.82, 2.24) is 9.97 Å². The quantitative estimate of drug-likeness (QED) is 0.326. The fraction of sp³-hybridized carbons (Fsp3) is 0.130. The molecule has 0 unspecified atom stereocenters. The van der Waals surface area contributed by atoms with Crippen LogP contribution in [-0.2, 0) is 16.0 Å². The lowest BCUT2D eigenvalue weighted by Gasteiger charge is -2.14. The Hall–Kier alpha value is -3.17. The van der Waals surface area contributed by atoms with E-state index in [1.165, 1.54) is 43.3 Å². The first-order valence-corrected chi connectivity index (χ1v) is 11.8. The lowest BCUT2D eigenvalue weighted by atomic mass is 10.0. The molecule has 1 heterocycles. The van der Waals surface area contributed by atoms with Crippen LogP contribution in [0.1, 0.15) is 11.4 Å². The molecule has 3 aromatic carbocycles. The summed E-state index contributed by atoms with van der Waals surface area (Å²) < 4.78 is 70.0. The van der Waals surface area contributed by atoms with E-state index in [-0.39, 0.29) is 38.1 Å². The van der Waals surface area contributed by atoms with Crippen molar-refractivity contribution in [3.05, 3.63) is 77.1 Å². The van der Waals surface area contributed by atoms with Gasteiger partial charge in [-0.1, -0.05) is 29.8 Å². The number of alkyl halides is 3. The first-order valence-electron chi connectivity index (χ1n) is 9.56. The second-order valence-electron chi connectivity index (χ2n) is 7.31. The van der Waals surface area contributed by atoms with E-state index >= 15 is 0 Å². The molecule has 0 saturated heterocycles. The van der Waals surface area contributed by atoms with Gasteiger partial charge in [0.2, 0.25) is 0 Å². The minimum absolute atomic E-state index is 0.0892. The molecule has 0 bridgehead atoms. The molecule has 0 amide bonds. The van der Waals surface area contributed by atoms with Crippen LogP contribution in [0.15, 0.2) is 65.6 Å². The average Bonchev–Trinajstić information content (AvgIpc) is 2.73. The van der Waals surface area contributed by atoms with Gasteiger partial charge in [-0.15, -0.1) is 0 Å². The Balaban J connectivity index is 1.84. The second kappa shape index (κ2) is 8.31. The molecule has 0 N–H and O–H groups in total. The third kappa shape index (κ3) is 4.79. The molecule has 170 valence electrons. The molecular formula is C23H16ClF3N2O3S. The highest BCUT2D eigenvalue weighted by molar-refractivity contribution is 7.90. The molecule has 1 aromatic heterocycles. The fourth-order valence-electron chi connectivity index (χ4n) is 3.35. The van der Waals surface area contributed by atoms with Crippen molar-refractivity contribution >= 4 is 32.3 Å². The van der Waals surface area contributed by atoms with Crippen LogP contribution < -0.4 is 4.74 Å². The summed E-state index contributed by atoms with van der Waals surface area (Å²) in [6, 6.07) is 14.3. The zero-order valence-electron chi connectivity index (χ0n) is 17.3. The van der Waals surface area contributed by atoms with Crippen molar-refractivity contribution in [2.75, 3.05) is 6.26 Å². The van der Waals surface area contributed by atoms with E-state index in [4.69, 9.17) is 16.3 Å². The van der Waals surface area contributed by atoms with Crippen LogP contribution >= 0.6 is 11.6 Å². The Labute approximate surface area is 192 Å². The minimum atomic E-state index is -4.59. The van der Waals surface area contributed by atoms with Crippen LogP contribution in [0.2, 0.25) is 5.02 Å². The van der Waals surface area contributed by atoms with Gasteiger partial charge in [-0.25, -0.2) is 18.4 Å². The zero-order chi connectivity index (χ0) is 24.0. The van der Waals surface area contributed by atoms with Gasteiger partial charge in [0.05, 0.1) is 26.7 Å². The highest BCUT2D eigenvalue weighted by Gasteiger charge is 2.34. The van der Waals surface area contributed by atoms with Crippen LogP contribution in [0.5, 0.6) is 11.5 Å². The maximum Gasteiger partial charge on any atom is 0.418 e. The second-order valence-corrected chi connectivity index (χ2v) is 9.73. The number of fused-ring (bicyclic) bond motifs is 1. The summed E-state index contributed by atoms with van der Waals surface area (Å²) in [6.07, 6.45) is -3.50. The molecule has 0 aliphatic carbocycles. The summed E-state index contributed by atoms with van der Waals surface area (Å²) >= 11 is 6.38. The summed E-state index contributed by atoms with van der Waals surface area (Å²) in [5, 5.41) is 0.442. The number of hydrogen-bond acceptors (Lipinski definition) is 5. The predicted molar refractivity (Wildman–Crippen MR) is 119 cm³/mol. The van der Waals surface area contributed by atoms with E-state index in [9.17, 15) is 21.6 Å². The number of halogens is 4. The molecule has 0 aliphatic rings. The highest BCUT2D eigenvalue weighted by atomic mass is 35.5. The molecule has 10 heteroatoms. The highest BCUT2D eigenvalue weighted by Crippen LogP contribution is 2.39. The minimum Gasteiger partial charge on any atom is -0.457 e. The van der Waals surface area contributed by atoms with Crippen LogP contribution in [-0.4, -0.2) is 24.6 Å². The number of aromatic nitrogens is 2. The Bertz CT molecular complexity index is 1490. The van der Waals surface area contributed by atoms with Crippen LogP contribution in [0.4, 0.5) is 13.2 Å². The molecule has 33 heavy (non-hydrogen) atoms. The van der Waals surface area contributed by atoms with Gasteiger partial charge in [-0.05, 0) is 49.4 Å². The maximum absolute atomic E-state index is 13.5. The summed E-state index contributed by atoms with van der Waals surface area (Å²) in [4.78, 5) is 8.46. The van der Waals surface area contributed by atoms with Gasteiger partial charge in [0, 0.05) is 17.2 Å². The van der Waals surface area contributed by atoms with E-state index in [0.717, 1.165) is 12.3 Å². The molecule has 4 aromatic rings. The van der Waals surface area contributed by atoms with Crippen molar-refractivity contribution in [2.24, 2.45) is 0 Å². The van der Waals surface area contributed by atoms with Gasteiger partial charge in [-0.2, -0.15) is 13.2 Å². The first kappa shape index (κ1) is 23.0. The number of rotatable bonds is 4. The Morgan fingerprint density at radius 1 is 0.939 bits per heavy atom. The van der Waals surface area contributed by atoms with Gasteiger partial charge in [0.1, 0.15) is 17.3 Å². The van der Waals surface area contributed by atoms with E-state index < -0.39 is 21.6 Å². The number of para-hydroxylation sites is 1. The Morgan fingerprint density at radius 3 is 2.33 bits per heavy atom. The SMILES string of the molecule is Cc1nc(-c2cc(Oc3cccc(S(C)(=O)=O)c3)ccc2Cl)c2cccc(C(F)(F)F)c2n1. The van der Waals surface area contributed by atoms with Crippen molar-refractivity contribution in [2.45, 2.75) is 18.0 Å². The topological polar surface area (TPSA) is 69.2 Å². The predicted octanol–water partition coefficient (Wildman–Crippen LogP) is 6.47. The third-order valence-corrected chi connectivity index (χ3v) is 6.25. The molecule has 0 aliphatic heterocycles. The van der Waals surface area contributed by atoms with Crippen LogP contribution in [0.25, 0.3) is 22.2 Å². The number of hydrogen-bond donors (Lipinski definition) is 0. The lowest BCUT2D eigenvalue weighted by Crippen LogP contribution is -2.08. The molecule has 0 atom stereocenters. The van der Waals surface area contributed by atoms with Crippen molar-refractivity contribution in [1.29, 1.82) is 0 Å². The third-order valence-electron chi connectivity index (χ3n) is 4.81. The standard InChI is InChI=1S/C23H16ClF3N2O3S/c1-13-28-21(17-7-4-8-19(22(17)29-13)23(25,26)27)18-12-15(9-10-20(18)24)32-14-5-3-6-16(11-14)33(2,30)31/h3-12H,1-2H3. The monoisotopic (exact) mass is 492 g/mol. The molecule has 4 rings (SSSR count). The van der Waals surface area contributed by atoms with E-state index in [1.807, 2.05) is 0 Å². The molecule has 0 radical (unpaired) electrons. The maximum atomic E-state index is 13.5. The number of sulfone groups is 1. The van der Waals surface area contributed by atoms with E-state index in [2.05, 4.69) is 9.97 Å². The fourth-order valence-corrected chi connectivity index (χ4v) is 4.21. The van der Waals surface area contributed by atoms with Crippen molar-refractivity contribution in [3.63, 3.8) is 0 Å². The van der Waals surface area contributed by atoms with Crippen molar-refractivity contribution < 1.29 is 26.3 Å². The number of benzene rings is 3. The summed E-state index contributed by atoms with van der Waals surface area (Å²) in [6.45, 7) is 1.50. The zero-order valence-corrected chi connectivity index (χ0v) is 18.9. The molecule has 0 spiro atoms. The average molecular weight is 493 g/mol. The number of aryl methyl sites for hydroxylation is 1. The Kier molecular flexibility index (Phi) is 5.79. The number of ether oxygens (including phenoxy) is 1. The summed E-state index contributed by atoms with van der Waals surface area (Å²) in [5.74, 6) is 0.725.